The van der Waals surface area contributed by atoms with E-state index in [0.29, 0.717) is 11.7 Å². The van der Waals surface area contributed by atoms with Crippen LogP contribution < -0.4 is 0 Å². The van der Waals surface area contributed by atoms with Gasteiger partial charge in [-0.25, -0.2) is 0 Å². The van der Waals surface area contributed by atoms with Gasteiger partial charge in [0.25, 0.3) is 0 Å². The molecule has 0 fully saturated rings. The Balaban J connectivity index is 2.18. The molecule has 1 atom stereocenters. The summed E-state index contributed by atoms with van der Waals surface area (Å²) in [6.45, 7) is 2.12. The SMILES string of the molecule is CCC(CC#N)Sc1cc2ccccc2[nH]1. The predicted molar refractivity (Wildman–Crippen MR) is 68.5 cm³/mol. The number of nitriles is 1. The summed E-state index contributed by atoms with van der Waals surface area (Å²) >= 11 is 1.76. The highest BCUT2D eigenvalue weighted by Crippen LogP contribution is 2.29. The lowest BCUT2D eigenvalue weighted by Crippen LogP contribution is -1.98. The van der Waals surface area contributed by atoms with Gasteiger partial charge in [0.05, 0.1) is 11.1 Å². The number of rotatable bonds is 4. The van der Waals surface area contributed by atoms with Crippen LogP contribution in [-0.2, 0) is 0 Å². The number of H-pyrrole nitrogens is 1. The summed E-state index contributed by atoms with van der Waals surface area (Å²) < 4.78 is 0. The molecule has 2 nitrogen and oxygen atoms in total. The fourth-order valence-electron chi connectivity index (χ4n) is 1.66. The van der Waals surface area contributed by atoms with Crippen LogP contribution in [0.5, 0.6) is 0 Å². The largest absolute Gasteiger partial charge is 0.350 e. The summed E-state index contributed by atoms with van der Waals surface area (Å²) in [5.74, 6) is 0. The third kappa shape index (κ3) is 2.40. The van der Waals surface area contributed by atoms with Crippen molar-refractivity contribution in [2.24, 2.45) is 0 Å². The number of nitrogens with zero attached hydrogens (tertiary/aromatic N) is 1. The number of para-hydroxylation sites is 1. The molecule has 1 aromatic carbocycles. The van der Waals surface area contributed by atoms with Gasteiger partial charge in [-0.15, -0.1) is 11.8 Å². The van der Waals surface area contributed by atoms with E-state index in [0.717, 1.165) is 17.0 Å². The molecule has 0 spiro atoms. The van der Waals surface area contributed by atoms with E-state index in [1.807, 2.05) is 12.1 Å². The fourth-order valence-corrected chi connectivity index (χ4v) is 2.71. The van der Waals surface area contributed by atoms with Crippen LogP contribution in [0, 0.1) is 11.3 Å². The Morgan fingerprint density at radius 1 is 1.44 bits per heavy atom. The molecule has 0 amide bonds. The highest BCUT2D eigenvalue weighted by Gasteiger charge is 2.09. The molecule has 1 N–H and O–H groups in total. The first-order valence-electron chi connectivity index (χ1n) is 5.45. The van der Waals surface area contributed by atoms with E-state index in [1.54, 1.807) is 11.8 Å². The highest BCUT2D eigenvalue weighted by molar-refractivity contribution is 7.99. The molecule has 16 heavy (non-hydrogen) atoms. The van der Waals surface area contributed by atoms with E-state index >= 15 is 0 Å². The number of fused-ring (bicyclic) bond motifs is 1. The van der Waals surface area contributed by atoms with Crippen LogP contribution in [0.15, 0.2) is 35.4 Å². The third-order valence-electron chi connectivity index (χ3n) is 2.57. The second kappa shape index (κ2) is 5.09. The quantitative estimate of drug-likeness (QED) is 0.808. The maximum absolute atomic E-state index is 8.71. The lowest BCUT2D eigenvalue weighted by Gasteiger charge is -2.07. The second-order valence-corrected chi connectivity index (χ2v) is 5.07. The molecule has 2 rings (SSSR count). The van der Waals surface area contributed by atoms with Gasteiger partial charge in [0.15, 0.2) is 0 Å². The summed E-state index contributed by atoms with van der Waals surface area (Å²) in [4.78, 5) is 3.37. The van der Waals surface area contributed by atoms with Gasteiger partial charge in [0.2, 0.25) is 0 Å². The number of aromatic nitrogens is 1. The van der Waals surface area contributed by atoms with E-state index in [1.165, 1.54) is 5.39 Å². The smallest absolute Gasteiger partial charge is 0.0735 e. The van der Waals surface area contributed by atoms with Crippen LogP contribution in [0.3, 0.4) is 0 Å². The van der Waals surface area contributed by atoms with Gasteiger partial charge in [-0.05, 0) is 18.6 Å². The zero-order valence-corrected chi connectivity index (χ0v) is 10.1. The van der Waals surface area contributed by atoms with Crippen LogP contribution in [0.25, 0.3) is 10.9 Å². The molecule has 0 radical (unpaired) electrons. The summed E-state index contributed by atoms with van der Waals surface area (Å²) in [5.41, 5.74) is 1.16. The van der Waals surface area contributed by atoms with Gasteiger partial charge >= 0.3 is 0 Å². The van der Waals surface area contributed by atoms with Crippen LogP contribution in [0.2, 0.25) is 0 Å². The Kier molecular flexibility index (Phi) is 3.53. The van der Waals surface area contributed by atoms with Crippen LogP contribution in [0.4, 0.5) is 0 Å². The highest BCUT2D eigenvalue weighted by atomic mass is 32.2. The zero-order valence-electron chi connectivity index (χ0n) is 9.23. The Morgan fingerprint density at radius 2 is 2.25 bits per heavy atom. The number of hydrogen-bond donors (Lipinski definition) is 1. The molecule has 0 aliphatic carbocycles. The first-order valence-corrected chi connectivity index (χ1v) is 6.32. The van der Waals surface area contributed by atoms with E-state index < -0.39 is 0 Å². The average Bonchev–Trinajstić information content (AvgIpc) is 2.70. The topological polar surface area (TPSA) is 39.6 Å². The van der Waals surface area contributed by atoms with Gasteiger partial charge in [0, 0.05) is 22.6 Å². The van der Waals surface area contributed by atoms with Gasteiger partial charge in [-0.2, -0.15) is 5.26 Å². The molecule has 3 heteroatoms. The normalized spacial score (nSPS) is 12.5. The van der Waals surface area contributed by atoms with E-state index in [9.17, 15) is 0 Å². The minimum atomic E-state index is 0.387. The molecule has 0 aliphatic rings. The monoisotopic (exact) mass is 230 g/mol. The molecule has 1 heterocycles. The van der Waals surface area contributed by atoms with E-state index in [2.05, 4.69) is 36.2 Å². The van der Waals surface area contributed by atoms with Crippen molar-refractivity contribution in [3.63, 3.8) is 0 Å². The maximum atomic E-state index is 8.71. The molecular formula is C13H14N2S. The second-order valence-electron chi connectivity index (χ2n) is 3.73. The van der Waals surface area contributed by atoms with Crippen molar-refractivity contribution >= 4 is 22.7 Å². The lowest BCUT2D eigenvalue weighted by molar-refractivity contribution is 0.840. The molecule has 0 bridgehead atoms. The van der Waals surface area contributed by atoms with Crippen molar-refractivity contribution in [1.29, 1.82) is 5.26 Å². The van der Waals surface area contributed by atoms with Crippen molar-refractivity contribution in [2.45, 2.75) is 30.0 Å². The third-order valence-corrected chi connectivity index (χ3v) is 3.88. The summed E-state index contributed by atoms with van der Waals surface area (Å²) in [5, 5.41) is 11.5. The number of thioether (sulfide) groups is 1. The standard InChI is InChI=1S/C13H14N2S/c1-2-11(7-8-14)16-13-9-10-5-3-4-6-12(10)15-13/h3-6,9,11,15H,2,7H2,1H3. The molecule has 1 unspecified atom stereocenters. The minimum absolute atomic E-state index is 0.387. The Hall–Kier alpha value is -1.40. The first kappa shape index (κ1) is 11.1. The van der Waals surface area contributed by atoms with Crippen molar-refractivity contribution in [2.75, 3.05) is 0 Å². The number of aromatic amines is 1. The van der Waals surface area contributed by atoms with Gasteiger partial charge in [0.1, 0.15) is 0 Å². The summed E-state index contributed by atoms with van der Waals surface area (Å²) in [6, 6.07) is 12.6. The average molecular weight is 230 g/mol. The summed E-state index contributed by atoms with van der Waals surface area (Å²) in [6.07, 6.45) is 1.63. The molecular weight excluding hydrogens is 216 g/mol. The first-order chi connectivity index (χ1) is 7.83. The van der Waals surface area contributed by atoms with Gasteiger partial charge in [-0.3, -0.25) is 0 Å². The van der Waals surface area contributed by atoms with Crippen LogP contribution >= 0.6 is 11.8 Å². The number of hydrogen-bond acceptors (Lipinski definition) is 2. The maximum Gasteiger partial charge on any atom is 0.0735 e. The molecule has 0 saturated heterocycles. The summed E-state index contributed by atoms with van der Waals surface area (Å²) in [7, 11) is 0. The fraction of sp³-hybridized carbons (Fsp3) is 0.308. The van der Waals surface area contributed by atoms with E-state index in [-0.39, 0.29) is 0 Å². The minimum Gasteiger partial charge on any atom is -0.350 e. The van der Waals surface area contributed by atoms with Crippen molar-refractivity contribution in [3.05, 3.63) is 30.3 Å². The molecule has 1 aromatic heterocycles. The van der Waals surface area contributed by atoms with Crippen molar-refractivity contribution in [3.8, 4) is 6.07 Å². The Bertz CT molecular complexity index is 477. The number of benzene rings is 1. The van der Waals surface area contributed by atoms with Gasteiger partial charge in [-0.1, -0.05) is 25.1 Å². The molecule has 82 valence electrons. The van der Waals surface area contributed by atoms with Crippen LogP contribution in [0.1, 0.15) is 19.8 Å². The molecule has 0 saturated carbocycles. The van der Waals surface area contributed by atoms with Crippen molar-refractivity contribution < 1.29 is 0 Å². The Labute approximate surface area is 99.7 Å². The van der Waals surface area contributed by atoms with Crippen molar-refractivity contribution in [1.82, 2.24) is 4.98 Å². The van der Waals surface area contributed by atoms with Crippen LogP contribution in [-0.4, -0.2) is 10.2 Å². The van der Waals surface area contributed by atoms with E-state index in [4.69, 9.17) is 5.26 Å². The van der Waals surface area contributed by atoms with Gasteiger partial charge < -0.3 is 4.98 Å². The Morgan fingerprint density at radius 3 is 2.94 bits per heavy atom. The molecule has 2 aromatic rings. The number of nitrogens with one attached hydrogen (secondary N) is 1. The zero-order chi connectivity index (χ0) is 11.4. The predicted octanol–water partition coefficient (Wildman–Crippen LogP) is 3.95. The molecule has 0 aliphatic heterocycles. The lowest BCUT2D eigenvalue weighted by atomic mass is 10.3.